The van der Waals surface area contributed by atoms with Gasteiger partial charge < -0.3 is 10.0 Å². The van der Waals surface area contributed by atoms with Gasteiger partial charge in [0.05, 0.1) is 18.3 Å². The van der Waals surface area contributed by atoms with E-state index in [-0.39, 0.29) is 5.92 Å². The Balaban J connectivity index is 2.01. The minimum Gasteiger partial charge on any atom is -0.481 e. The summed E-state index contributed by atoms with van der Waals surface area (Å²) in [6, 6.07) is 0. The molecule has 1 aliphatic heterocycles. The summed E-state index contributed by atoms with van der Waals surface area (Å²) in [4.78, 5) is 20.9. The molecule has 1 aromatic rings. The lowest BCUT2D eigenvalue weighted by atomic mass is 9.97. The van der Waals surface area contributed by atoms with E-state index in [9.17, 15) is 4.79 Å². The molecule has 1 fully saturated rings. The van der Waals surface area contributed by atoms with Gasteiger partial charge in [-0.2, -0.15) is 0 Å². The molecule has 0 amide bonds. The van der Waals surface area contributed by atoms with Crippen LogP contribution in [0.2, 0.25) is 5.15 Å². The number of aromatic nitrogens is 2. The highest BCUT2D eigenvalue weighted by Crippen LogP contribution is 2.22. The third-order valence-corrected chi connectivity index (χ3v) is 2.94. The number of carboxylic acids is 1. The molecule has 86 valence electrons. The smallest absolute Gasteiger partial charge is 0.306 e. The van der Waals surface area contributed by atoms with Crippen LogP contribution < -0.4 is 4.90 Å². The molecule has 0 atom stereocenters. The quantitative estimate of drug-likeness (QED) is 0.849. The van der Waals surface area contributed by atoms with E-state index in [4.69, 9.17) is 16.7 Å². The minimum absolute atomic E-state index is 0.233. The fourth-order valence-electron chi connectivity index (χ4n) is 1.84. The lowest BCUT2D eigenvalue weighted by Gasteiger charge is -2.30. The number of nitrogens with zero attached hydrogens (tertiary/aromatic N) is 3. The van der Waals surface area contributed by atoms with Gasteiger partial charge in [0.15, 0.2) is 0 Å². The molecule has 1 N–H and O–H groups in total. The van der Waals surface area contributed by atoms with E-state index in [0.717, 1.165) is 5.82 Å². The molecule has 1 aliphatic rings. The van der Waals surface area contributed by atoms with Crippen LogP contribution in [0.3, 0.4) is 0 Å². The van der Waals surface area contributed by atoms with Crippen LogP contribution in [0, 0.1) is 5.92 Å². The normalized spacial score (nSPS) is 17.4. The largest absolute Gasteiger partial charge is 0.481 e. The Morgan fingerprint density at radius 2 is 2.12 bits per heavy atom. The van der Waals surface area contributed by atoms with Crippen LogP contribution >= 0.6 is 11.6 Å². The summed E-state index contributed by atoms with van der Waals surface area (Å²) in [5, 5.41) is 9.23. The van der Waals surface area contributed by atoms with Crippen molar-refractivity contribution in [3.8, 4) is 0 Å². The maximum Gasteiger partial charge on any atom is 0.306 e. The van der Waals surface area contributed by atoms with E-state index >= 15 is 0 Å². The number of halogens is 1. The molecule has 0 aliphatic carbocycles. The third kappa shape index (κ3) is 2.41. The van der Waals surface area contributed by atoms with Crippen molar-refractivity contribution in [3.05, 3.63) is 17.5 Å². The number of hydrogen-bond donors (Lipinski definition) is 1. The molecule has 5 nitrogen and oxygen atoms in total. The summed E-state index contributed by atoms with van der Waals surface area (Å²) in [6.45, 7) is 1.37. The van der Waals surface area contributed by atoms with E-state index < -0.39 is 5.97 Å². The highest BCUT2D eigenvalue weighted by Gasteiger charge is 2.25. The van der Waals surface area contributed by atoms with Gasteiger partial charge in [-0.1, -0.05) is 11.6 Å². The summed E-state index contributed by atoms with van der Waals surface area (Å²) in [5.41, 5.74) is 0. The third-order valence-electron chi connectivity index (χ3n) is 2.76. The maximum absolute atomic E-state index is 10.8. The fourth-order valence-corrected chi connectivity index (χ4v) is 1.98. The molecule has 0 radical (unpaired) electrons. The van der Waals surface area contributed by atoms with Crippen molar-refractivity contribution in [2.45, 2.75) is 12.8 Å². The Kier molecular flexibility index (Phi) is 3.24. The molecule has 0 spiro atoms. The summed E-state index contributed by atoms with van der Waals surface area (Å²) < 4.78 is 0. The lowest BCUT2D eigenvalue weighted by molar-refractivity contribution is -0.142. The van der Waals surface area contributed by atoms with Crippen molar-refractivity contribution in [2.75, 3.05) is 18.0 Å². The first-order valence-electron chi connectivity index (χ1n) is 5.12. The zero-order chi connectivity index (χ0) is 11.5. The van der Waals surface area contributed by atoms with Crippen molar-refractivity contribution in [1.82, 2.24) is 9.97 Å². The van der Waals surface area contributed by atoms with Crippen LogP contribution in [0.5, 0.6) is 0 Å². The molecule has 1 aromatic heterocycles. The summed E-state index contributed by atoms with van der Waals surface area (Å²) in [6.07, 6.45) is 4.41. The van der Waals surface area contributed by atoms with Gasteiger partial charge in [-0.3, -0.25) is 9.78 Å². The number of aliphatic carboxylic acids is 1. The van der Waals surface area contributed by atoms with Crippen LogP contribution in [-0.2, 0) is 4.79 Å². The average molecular weight is 242 g/mol. The van der Waals surface area contributed by atoms with Crippen molar-refractivity contribution in [1.29, 1.82) is 0 Å². The molecule has 0 saturated carbocycles. The number of carboxylic acid groups (broad SMARTS) is 1. The van der Waals surface area contributed by atoms with Crippen molar-refractivity contribution in [2.24, 2.45) is 5.92 Å². The van der Waals surface area contributed by atoms with Gasteiger partial charge in [0.1, 0.15) is 11.0 Å². The van der Waals surface area contributed by atoms with Crippen LogP contribution in [0.4, 0.5) is 5.82 Å². The Morgan fingerprint density at radius 1 is 1.44 bits per heavy atom. The second-order valence-corrected chi connectivity index (χ2v) is 4.19. The molecular weight excluding hydrogens is 230 g/mol. The summed E-state index contributed by atoms with van der Waals surface area (Å²) in [5.74, 6) is -0.225. The van der Waals surface area contributed by atoms with Gasteiger partial charge >= 0.3 is 5.97 Å². The van der Waals surface area contributed by atoms with Gasteiger partial charge in [-0.05, 0) is 12.8 Å². The molecule has 1 saturated heterocycles. The van der Waals surface area contributed by atoms with Gasteiger partial charge in [-0.25, -0.2) is 4.98 Å². The summed E-state index contributed by atoms with van der Waals surface area (Å²) in [7, 11) is 0. The number of rotatable bonds is 2. The molecule has 2 rings (SSSR count). The Labute approximate surface area is 98.1 Å². The highest BCUT2D eigenvalue weighted by atomic mass is 35.5. The van der Waals surface area contributed by atoms with Crippen molar-refractivity contribution >= 4 is 23.4 Å². The number of piperidine rings is 1. The van der Waals surface area contributed by atoms with Crippen LogP contribution in [0.15, 0.2) is 12.4 Å². The second-order valence-electron chi connectivity index (χ2n) is 3.80. The Hall–Kier alpha value is -1.36. The molecule has 2 heterocycles. The average Bonchev–Trinajstić information content (AvgIpc) is 2.29. The first-order chi connectivity index (χ1) is 7.66. The van der Waals surface area contributed by atoms with Gasteiger partial charge in [0.25, 0.3) is 0 Å². The number of carbonyl (C=O) groups is 1. The van der Waals surface area contributed by atoms with Crippen molar-refractivity contribution < 1.29 is 9.90 Å². The zero-order valence-corrected chi connectivity index (χ0v) is 9.39. The predicted molar refractivity (Wildman–Crippen MR) is 59.6 cm³/mol. The molecular formula is C10H12ClN3O2. The van der Waals surface area contributed by atoms with E-state index in [1.165, 1.54) is 6.20 Å². The van der Waals surface area contributed by atoms with E-state index in [1.54, 1.807) is 6.20 Å². The lowest BCUT2D eigenvalue weighted by Crippen LogP contribution is -2.36. The number of anilines is 1. The first kappa shape index (κ1) is 11.1. The SMILES string of the molecule is O=C(O)C1CCN(c2cncc(Cl)n2)CC1. The van der Waals surface area contributed by atoms with Gasteiger partial charge in [0.2, 0.25) is 0 Å². The first-order valence-corrected chi connectivity index (χ1v) is 5.50. The zero-order valence-electron chi connectivity index (χ0n) is 8.64. The minimum atomic E-state index is -0.711. The topological polar surface area (TPSA) is 66.3 Å². The van der Waals surface area contributed by atoms with E-state index in [2.05, 4.69) is 9.97 Å². The Bertz CT molecular complexity index is 391. The fraction of sp³-hybridized carbons (Fsp3) is 0.500. The molecule has 16 heavy (non-hydrogen) atoms. The molecule has 0 bridgehead atoms. The summed E-state index contributed by atoms with van der Waals surface area (Å²) >= 11 is 5.75. The molecule has 6 heteroatoms. The Morgan fingerprint density at radius 3 is 2.69 bits per heavy atom. The van der Waals surface area contributed by atoms with Gasteiger partial charge in [-0.15, -0.1) is 0 Å². The second kappa shape index (κ2) is 4.65. The van der Waals surface area contributed by atoms with E-state index in [1.807, 2.05) is 4.90 Å². The van der Waals surface area contributed by atoms with Crippen LogP contribution in [0.1, 0.15) is 12.8 Å². The molecule has 0 aromatic carbocycles. The van der Waals surface area contributed by atoms with Gasteiger partial charge in [0, 0.05) is 13.1 Å². The maximum atomic E-state index is 10.8. The van der Waals surface area contributed by atoms with Crippen LogP contribution in [0.25, 0.3) is 0 Å². The standard InChI is InChI=1S/C10H12ClN3O2/c11-8-5-12-6-9(13-8)14-3-1-7(2-4-14)10(15)16/h5-7H,1-4H2,(H,15,16). The molecule has 0 unspecified atom stereocenters. The monoisotopic (exact) mass is 241 g/mol. The highest BCUT2D eigenvalue weighted by molar-refractivity contribution is 6.29. The predicted octanol–water partition coefficient (Wildman–Crippen LogP) is 1.43. The van der Waals surface area contributed by atoms with Crippen molar-refractivity contribution in [3.63, 3.8) is 0 Å². The van der Waals surface area contributed by atoms with E-state index in [0.29, 0.717) is 31.1 Å². The number of hydrogen-bond acceptors (Lipinski definition) is 4. The van der Waals surface area contributed by atoms with Crippen LogP contribution in [-0.4, -0.2) is 34.1 Å².